The molecule has 4 heterocycles. The number of hydrogen-bond donors (Lipinski definition) is 1. The molecule has 0 radical (unpaired) electrons. The van der Waals surface area contributed by atoms with Crippen LogP contribution in [0.15, 0.2) is 63.2 Å². The molecule has 1 aliphatic rings. The zero-order chi connectivity index (χ0) is 20.8. The molecule has 1 N–H and O–H groups in total. The van der Waals surface area contributed by atoms with Gasteiger partial charge in [-0.1, -0.05) is 36.1 Å². The van der Waals surface area contributed by atoms with Crippen molar-refractivity contribution in [2.75, 3.05) is 0 Å². The van der Waals surface area contributed by atoms with Crippen LogP contribution in [0.2, 0.25) is 0 Å². The highest BCUT2D eigenvalue weighted by Crippen LogP contribution is 2.33. The minimum Gasteiger partial charge on any atom is -0.456 e. The third-order valence-electron chi connectivity index (χ3n) is 4.64. The Morgan fingerprint density at radius 2 is 2.00 bits per heavy atom. The van der Waals surface area contributed by atoms with Crippen molar-refractivity contribution >= 4 is 51.3 Å². The van der Waals surface area contributed by atoms with Gasteiger partial charge in [0.25, 0.3) is 5.91 Å². The van der Waals surface area contributed by atoms with E-state index in [2.05, 4.69) is 15.4 Å². The van der Waals surface area contributed by atoms with Crippen molar-refractivity contribution in [3.8, 4) is 16.8 Å². The Hall–Kier alpha value is -3.50. The molecule has 0 bridgehead atoms. The molecule has 148 valence electrons. The van der Waals surface area contributed by atoms with Crippen molar-refractivity contribution in [3.63, 3.8) is 0 Å². The molecule has 0 unspecified atom stereocenters. The van der Waals surface area contributed by atoms with Crippen LogP contribution in [-0.2, 0) is 11.8 Å². The van der Waals surface area contributed by atoms with Gasteiger partial charge in [-0.05, 0) is 23.8 Å². The number of benzene rings is 1. The fourth-order valence-corrected chi connectivity index (χ4v) is 4.20. The number of pyridine rings is 1. The maximum atomic E-state index is 12.1. The first-order valence-electron chi connectivity index (χ1n) is 8.83. The quantitative estimate of drug-likeness (QED) is 0.391. The van der Waals surface area contributed by atoms with E-state index in [0.717, 1.165) is 16.5 Å². The van der Waals surface area contributed by atoms with Crippen LogP contribution in [-0.4, -0.2) is 29.6 Å². The molecular weight excluding hydrogens is 422 g/mol. The van der Waals surface area contributed by atoms with Crippen LogP contribution < -0.4 is 11.0 Å². The van der Waals surface area contributed by atoms with Crippen LogP contribution in [0.3, 0.4) is 0 Å². The topological polar surface area (TPSA) is 95.0 Å². The maximum Gasteiger partial charge on any atom is 0.350 e. The number of thiocarbonyl (C=S) groups is 1. The molecule has 1 aliphatic heterocycles. The summed E-state index contributed by atoms with van der Waals surface area (Å²) in [5.74, 6) is 0.310. The second kappa shape index (κ2) is 7.08. The van der Waals surface area contributed by atoms with Gasteiger partial charge in [0, 0.05) is 36.5 Å². The summed E-state index contributed by atoms with van der Waals surface area (Å²) < 4.78 is 9.18. The first kappa shape index (κ1) is 18.5. The van der Waals surface area contributed by atoms with E-state index in [9.17, 15) is 9.59 Å². The SMILES string of the molecule is Cn1ncn(-c2ccc(-c3cncc4cc(/C=C5/SC(=S)NC5=O)oc34)cc2)c1=O. The predicted octanol–water partition coefficient (Wildman–Crippen LogP) is 2.87. The lowest BCUT2D eigenvalue weighted by atomic mass is 10.1. The maximum absolute atomic E-state index is 12.1. The highest BCUT2D eigenvalue weighted by molar-refractivity contribution is 8.26. The van der Waals surface area contributed by atoms with Gasteiger partial charge in [-0.25, -0.2) is 14.0 Å². The zero-order valence-corrected chi connectivity index (χ0v) is 17.2. The molecule has 8 nitrogen and oxygen atoms in total. The van der Waals surface area contributed by atoms with Gasteiger partial charge in [0.1, 0.15) is 22.0 Å². The summed E-state index contributed by atoms with van der Waals surface area (Å²) in [6.07, 6.45) is 6.58. The predicted molar refractivity (Wildman–Crippen MR) is 118 cm³/mol. The molecule has 1 saturated heterocycles. The van der Waals surface area contributed by atoms with Crippen molar-refractivity contribution in [2.24, 2.45) is 7.05 Å². The number of hydrogen-bond acceptors (Lipinski definition) is 7. The molecule has 3 aromatic heterocycles. The highest BCUT2D eigenvalue weighted by Gasteiger charge is 2.23. The largest absolute Gasteiger partial charge is 0.456 e. The Bertz CT molecular complexity index is 1410. The highest BCUT2D eigenvalue weighted by atomic mass is 32.2. The number of rotatable bonds is 3. The van der Waals surface area contributed by atoms with Crippen LogP contribution in [0.5, 0.6) is 0 Å². The van der Waals surface area contributed by atoms with E-state index in [4.69, 9.17) is 16.6 Å². The molecule has 4 aromatic rings. The molecule has 0 spiro atoms. The summed E-state index contributed by atoms with van der Waals surface area (Å²) in [4.78, 5) is 28.8. The number of nitrogens with one attached hydrogen (secondary N) is 1. The van der Waals surface area contributed by atoms with Crippen molar-refractivity contribution in [3.05, 3.63) is 70.2 Å². The van der Waals surface area contributed by atoms with E-state index in [1.54, 1.807) is 25.5 Å². The van der Waals surface area contributed by atoms with Crippen LogP contribution in [0.4, 0.5) is 0 Å². The standard InChI is InChI=1S/C20H13N5O3S2/c1-24-20(27)25(10-22-24)13-4-2-11(3-5-13)15-9-21-8-12-6-14(28-17(12)15)7-16-18(26)23-19(29)30-16/h2-10H,1H3,(H,23,26,29)/b16-7+. The van der Waals surface area contributed by atoms with E-state index < -0.39 is 0 Å². The number of carbonyl (C=O) groups is 1. The Morgan fingerprint density at radius 3 is 2.67 bits per heavy atom. The molecule has 30 heavy (non-hydrogen) atoms. The Balaban J connectivity index is 1.53. The van der Waals surface area contributed by atoms with Crippen LogP contribution >= 0.6 is 24.0 Å². The van der Waals surface area contributed by atoms with Gasteiger partial charge in [0.15, 0.2) is 0 Å². The van der Waals surface area contributed by atoms with Crippen LogP contribution in [0.1, 0.15) is 5.76 Å². The van der Waals surface area contributed by atoms with Crippen molar-refractivity contribution < 1.29 is 9.21 Å². The minimum absolute atomic E-state index is 0.219. The minimum atomic E-state index is -0.231. The van der Waals surface area contributed by atoms with Gasteiger partial charge < -0.3 is 9.73 Å². The summed E-state index contributed by atoms with van der Waals surface area (Å²) in [7, 11) is 1.60. The van der Waals surface area contributed by atoms with Gasteiger partial charge in [-0.3, -0.25) is 9.78 Å². The second-order valence-electron chi connectivity index (χ2n) is 6.56. The number of aromatic nitrogens is 4. The summed E-state index contributed by atoms with van der Waals surface area (Å²) in [6.45, 7) is 0. The third kappa shape index (κ3) is 3.15. The molecule has 0 atom stereocenters. The lowest BCUT2D eigenvalue weighted by Gasteiger charge is -2.05. The Kier molecular flexibility index (Phi) is 4.37. The first-order chi connectivity index (χ1) is 14.5. The summed E-state index contributed by atoms with van der Waals surface area (Å²) in [5.41, 5.74) is 2.84. The first-order valence-corrected chi connectivity index (χ1v) is 10.1. The van der Waals surface area contributed by atoms with Gasteiger partial charge in [0.2, 0.25) is 0 Å². The second-order valence-corrected chi connectivity index (χ2v) is 8.28. The molecular formula is C20H13N5O3S2. The third-order valence-corrected chi connectivity index (χ3v) is 5.80. The molecule has 5 rings (SSSR count). The number of nitrogens with zero attached hydrogens (tertiary/aromatic N) is 4. The van der Waals surface area contributed by atoms with E-state index in [0.29, 0.717) is 26.3 Å². The number of amides is 1. The van der Waals surface area contributed by atoms with Crippen LogP contribution in [0.25, 0.3) is 33.9 Å². The lowest BCUT2D eigenvalue weighted by Crippen LogP contribution is -2.21. The van der Waals surface area contributed by atoms with Gasteiger partial charge in [0.05, 0.1) is 10.6 Å². The van der Waals surface area contributed by atoms with E-state index in [-0.39, 0.29) is 11.6 Å². The van der Waals surface area contributed by atoms with Crippen LogP contribution in [0, 0.1) is 0 Å². The fraction of sp³-hybridized carbons (Fsp3) is 0.0500. The lowest BCUT2D eigenvalue weighted by molar-refractivity contribution is -0.115. The number of fused-ring (bicyclic) bond motifs is 1. The summed E-state index contributed by atoms with van der Waals surface area (Å²) in [6, 6.07) is 9.29. The fourth-order valence-electron chi connectivity index (χ4n) is 3.17. The average molecular weight is 435 g/mol. The average Bonchev–Trinajstić information content (AvgIpc) is 3.39. The number of thioether (sulfide) groups is 1. The monoisotopic (exact) mass is 435 g/mol. The van der Waals surface area contributed by atoms with Crippen molar-refractivity contribution in [1.29, 1.82) is 0 Å². The smallest absolute Gasteiger partial charge is 0.350 e. The van der Waals surface area contributed by atoms with Gasteiger partial charge >= 0.3 is 5.69 Å². The molecule has 1 amide bonds. The normalized spacial score (nSPS) is 15.3. The number of furan rings is 1. The number of carbonyl (C=O) groups excluding carboxylic acids is 1. The molecule has 1 aromatic carbocycles. The summed E-state index contributed by atoms with van der Waals surface area (Å²) in [5, 5.41) is 7.37. The Labute approximate surface area is 179 Å². The molecule has 0 aliphatic carbocycles. The van der Waals surface area contributed by atoms with E-state index >= 15 is 0 Å². The molecule has 1 fully saturated rings. The number of aryl methyl sites for hydroxylation is 1. The van der Waals surface area contributed by atoms with E-state index in [1.807, 2.05) is 30.3 Å². The van der Waals surface area contributed by atoms with Crippen molar-refractivity contribution in [2.45, 2.75) is 0 Å². The summed E-state index contributed by atoms with van der Waals surface area (Å²) >= 11 is 6.22. The molecule has 0 saturated carbocycles. The van der Waals surface area contributed by atoms with E-state index in [1.165, 1.54) is 27.3 Å². The zero-order valence-electron chi connectivity index (χ0n) is 15.5. The van der Waals surface area contributed by atoms with Gasteiger partial charge in [-0.2, -0.15) is 5.10 Å². The van der Waals surface area contributed by atoms with Gasteiger partial charge in [-0.15, -0.1) is 0 Å². The van der Waals surface area contributed by atoms with Crippen molar-refractivity contribution in [1.82, 2.24) is 24.6 Å². The Morgan fingerprint density at radius 1 is 1.20 bits per heavy atom. The molecule has 10 heteroatoms.